The van der Waals surface area contributed by atoms with Crippen molar-refractivity contribution >= 4 is 23.0 Å². The highest BCUT2D eigenvalue weighted by atomic mass is 32.1. The normalized spacial score (nSPS) is 10.6. The van der Waals surface area contributed by atoms with Gasteiger partial charge in [0.25, 0.3) is 0 Å². The van der Waals surface area contributed by atoms with E-state index in [9.17, 15) is 9.90 Å². The molecule has 0 radical (unpaired) electrons. The van der Waals surface area contributed by atoms with Gasteiger partial charge in [-0.2, -0.15) is 0 Å². The lowest BCUT2D eigenvalue weighted by Gasteiger charge is -2.11. The molecule has 20 heavy (non-hydrogen) atoms. The monoisotopic (exact) mass is 291 g/mol. The molecule has 0 aliphatic carbocycles. The number of thiazole rings is 1. The number of hydrogen-bond acceptors (Lipinski definition) is 5. The summed E-state index contributed by atoms with van der Waals surface area (Å²) >= 11 is 1.62. The molecule has 0 atom stereocenters. The minimum Gasteiger partial charge on any atom is -0.478 e. The highest BCUT2D eigenvalue weighted by molar-refractivity contribution is 7.09. The molecule has 2 aromatic rings. The third-order valence-corrected chi connectivity index (χ3v) is 3.89. The van der Waals surface area contributed by atoms with Gasteiger partial charge in [0.15, 0.2) is 0 Å². The van der Waals surface area contributed by atoms with E-state index < -0.39 is 5.97 Å². The second-order valence-electron chi connectivity index (χ2n) is 4.64. The Kier molecular flexibility index (Phi) is 4.34. The summed E-state index contributed by atoms with van der Waals surface area (Å²) in [6.07, 6.45) is 0.776. The summed E-state index contributed by atoms with van der Waals surface area (Å²) in [6, 6.07) is 1.77. The molecule has 0 amide bonds. The van der Waals surface area contributed by atoms with Gasteiger partial charge in [-0.15, -0.1) is 11.3 Å². The minimum atomic E-state index is -0.956. The standard InChI is InChI=1S/C14H17N3O2S/c1-8-6-11(13(14(18)19)10(3)16-8)15-5-4-12-17-9(2)7-20-12/h6-7H,4-5H2,1-3H3,(H,15,16)(H,18,19). The van der Waals surface area contributed by atoms with E-state index in [1.807, 2.05) is 19.2 Å². The Morgan fingerprint density at radius 2 is 2.05 bits per heavy atom. The van der Waals surface area contributed by atoms with Gasteiger partial charge >= 0.3 is 5.97 Å². The van der Waals surface area contributed by atoms with Crippen LogP contribution in [-0.4, -0.2) is 27.6 Å². The van der Waals surface area contributed by atoms with E-state index in [4.69, 9.17) is 0 Å². The average molecular weight is 291 g/mol. The maximum atomic E-state index is 11.3. The van der Waals surface area contributed by atoms with Crippen molar-refractivity contribution in [1.29, 1.82) is 0 Å². The Hall–Kier alpha value is -1.95. The van der Waals surface area contributed by atoms with Crippen LogP contribution >= 0.6 is 11.3 Å². The van der Waals surface area contributed by atoms with Gasteiger partial charge in [-0.3, -0.25) is 4.98 Å². The van der Waals surface area contributed by atoms with Crippen LogP contribution in [0.25, 0.3) is 0 Å². The Morgan fingerprint density at radius 3 is 2.65 bits per heavy atom. The summed E-state index contributed by atoms with van der Waals surface area (Å²) < 4.78 is 0. The number of aromatic nitrogens is 2. The fraction of sp³-hybridized carbons (Fsp3) is 0.357. The van der Waals surface area contributed by atoms with Crippen LogP contribution in [0.4, 0.5) is 5.69 Å². The number of aromatic carboxylic acids is 1. The van der Waals surface area contributed by atoms with Gasteiger partial charge in [0.2, 0.25) is 0 Å². The smallest absolute Gasteiger partial charge is 0.339 e. The zero-order valence-electron chi connectivity index (χ0n) is 11.7. The molecular formula is C14H17N3O2S. The first-order chi connectivity index (χ1) is 9.47. The van der Waals surface area contributed by atoms with Crippen molar-refractivity contribution in [3.05, 3.63) is 39.1 Å². The van der Waals surface area contributed by atoms with Crippen LogP contribution in [-0.2, 0) is 6.42 Å². The van der Waals surface area contributed by atoms with Crippen molar-refractivity contribution in [3.63, 3.8) is 0 Å². The van der Waals surface area contributed by atoms with E-state index in [1.165, 1.54) is 0 Å². The Labute approximate surface area is 121 Å². The van der Waals surface area contributed by atoms with E-state index in [0.717, 1.165) is 22.8 Å². The van der Waals surface area contributed by atoms with Crippen molar-refractivity contribution < 1.29 is 9.90 Å². The topological polar surface area (TPSA) is 75.1 Å². The van der Waals surface area contributed by atoms with Gasteiger partial charge in [0.1, 0.15) is 5.56 Å². The molecule has 0 aromatic carbocycles. The number of pyridine rings is 1. The number of anilines is 1. The zero-order valence-corrected chi connectivity index (χ0v) is 12.5. The van der Waals surface area contributed by atoms with Crippen LogP contribution in [0.1, 0.15) is 32.4 Å². The van der Waals surface area contributed by atoms with Crippen molar-refractivity contribution in [3.8, 4) is 0 Å². The van der Waals surface area contributed by atoms with Gasteiger partial charge in [-0.05, 0) is 26.8 Å². The summed E-state index contributed by atoms with van der Waals surface area (Å²) in [5.41, 5.74) is 3.22. The van der Waals surface area contributed by atoms with Crippen molar-refractivity contribution in [2.75, 3.05) is 11.9 Å². The van der Waals surface area contributed by atoms with Crippen molar-refractivity contribution in [1.82, 2.24) is 9.97 Å². The molecule has 0 saturated heterocycles. The lowest BCUT2D eigenvalue weighted by Crippen LogP contribution is -2.12. The van der Waals surface area contributed by atoms with Gasteiger partial charge in [0, 0.05) is 29.7 Å². The summed E-state index contributed by atoms with van der Waals surface area (Å²) in [4.78, 5) is 19.9. The fourth-order valence-electron chi connectivity index (χ4n) is 2.06. The molecular weight excluding hydrogens is 274 g/mol. The first-order valence-electron chi connectivity index (χ1n) is 6.34. The van der Waals surface area contributed by atoms with E-state index in [2.05, 4.69) is 15.3 Å². The molecule has 106 valence electrons. The van der Waals surface area contributed by atoms with E-state index >= 15 is 0 Å². The van der Waals surface area contributed by atoms with Crippen LogP contribution in [0.15, 0.2) is 11.4 Å². The number of rotatable bonds is 5. The number of carbonyl (C=O) groups is 1. The van der Waals surface area contributed by atoms with E-state index in [1.54, 1.807) is 24.3 Å². The highest BCUT2D eigenvalue weighted by Gasteiger charge is 2.15. The van der Waals surface area contributed by atoms with Crippen molar-refractivity contribution in [2.24, 2.45) is 0 Å². The fourth-order valence-corrected chi connectivity index (χ4v) is 2.84. The van der Waals surface area contributed by atoms with Gasteiger partial charge < -0.3 is 10.4 Å². The largest absolute Gasteiger partial charge is 0.478 e. The van der Waals surface area contributed by atoms with E-state index in [-0.39, 0.29) is 5.56 Å². The van der Waals surface area contributed by atoms with Crippen LogP contribution in [0.3, 0.4) is 0 Å². The number of hydrogen-bond donors (Lipinski definition) is 2. The predicted octanol–water partition coefficient (Wildman–Crippen LogP) is 2.82. The second-order valence-corrected chi connectivity index (χ2v) is 5.58. The summed E-state index contributed by atoms with van der Waals surface area (Å²) in [6.45, 7) is 6.18. The number of nitrogens with one attached hydrogen (secondary N) is 1. The van der Waals surface area contributed by atoms with Crippen LogP contribution in [0, 0.1) is 20.8 Å². The third kappa shape index (κ3) is 3.33. The molecule has 2 N–H and O–H groups in total. The Morgan fingerprint density at radius 1 is 1.30 bits per heavy atom. The number of aryl methyl sites for hydroxylation is 3. The Balaban J connectivity index is 2.10. The molecule has 2 heterocycles. The highest BCUT2D eigenvalue weighted by Crippen LogP contribution is 2.20. The van der Waals surface area contributed by atoms with Crippen LogP contribution in [0.5, 0.6) is 0 Å². The Bertz CT molecular complexity index is 637. The lowest BCUT2D eigenvalue weighted by atomic mass is 10.1. The molecule has 6 heteroatoms. The summed E-state index contributed by atoms with van der Waals surface area (Å²) in [7, 11) is 0. The molecule has 0 unspecified atom stereocenters. The summed E-state index contributed by atoms with van der Waals surface area (Å²) in [5, 5.41) is 15.5. The van der Waals surface area contributed by atoms with Gasteiger partial charge in [0.05, 0.1) is 16.4 Å². The second kappa shape index (κ2) is 6.00. The predicted molar refractivity (Wildman–Crippen MR) is 79.7 cm³/mol. The van der Waals surface area contributed by atoms with Gasteiger partial charge in [-0.25, -0.2) is 9.78 Å². The van der Waals surface area contributed by atoms with E-state index in [0.29, 0.717) is 17.9 Å². The molecule has 0 spiro atoms. The maximum Gasteiger partial charge on any atom is 0.339 e. The SMILES string of the molecule is Cc1csc(CCNc2cc(C)nc(C)c2C(=O)O)n1. The quantitative estimate of drug-likeness (QED) is 0.886. The van der Waals surface area contributed by atoms with Crippen molar-refractivity contribution in [2.45, 2.75) is 27.2 Å². The first kappa shape index (κ1) is 14.5. The van der Waals surface area contributed by atoms with Crippen LogP contribution in [0.2, 0.25) is 0 Å². The number of carboxylic acid groups (broad SMARTS) is 1. The molecule has 0 aliphatic heterocycles. The zero-order chi connectivity index (χ0) is 14.7. The maximum absolute atomic E-state index is 11.3. The minimum absolute atomic E-state index is 0.242. The molecule has 2 aromatic heterocycles. The molecule has 5 nitrogen and oxygen atoms in total. The summed E-state index contributed by atoms with van der Waals surface area (Å²) in [5.74, 6) is -0.956. The number of carboxylic acids is 1. The molecule has 0 bridgehead atoms. The third-order valence-electron chi connectivity index (χ3n) is 2.86. The molecule has 0 fully saturated rings. The molecule has 0 aliphatic rings. The van der Waals surface area contributed by atoms with Crippen LogP contribution < -0.4 is 5.32 Å². The number of nitrogens with zero attached hydrogens (tertiary/aromatic N) is 2. The molecule has 2 rings (SSSR count). The molecule has 0 saturated carbocycles. The first-order valence-corrected chi connectivity index (χ1v) is 7.21. The average Bonchev–Trinajstić information content (AvgIpc) is 2.73. The lowest BCUT2D eigenvalue weighted by molar-refractivity contribution is 0.0696. The van der Waals surface area contributed by atoms with Gasteiger partial charge in [-0.1, -0.05) is 0 Å².